The number of amides is 5. The standard InChI is InChI=1S/C20H30N8O9/c21-10(1-3-14(22)29)17(33)27-12(5-9-7-24-8-25-9)19(35)26-11(2-4-16(31)32)18(34)28-13(20(36)37)6-15(23)30/h7-8,10-13H,1-6,21H2,(H2,22,29)(H2,23,30)(H,24,25)(H,26,35)(H,27,33)(H,28,34)(H,31,32)(H,36,37). The molecule has 204 valence electrons. The van der Waals surface area contributed by atoms with Crippen LogP contribution in [0.3, 0.4) is 0 Å². The van der Waals surface area contributed by atoms with Crippen molar-refractivity contribution < 1.29 is 43.8 Å². The summed E-state index contributed by atoms with van der Waals surface area (Å²) in [7, 11) is 0. The van der Waals surface area contributed by atoms with Gasteiger partial charge in [-0.15, -0.1) is 0 Å². The summed E-state index contributed by atoms with van der Waals surface area (Å²) >= 11 is 0. The first-order valence-electron chi connectivity index (χ1n) is 10.9. The summed E-state index contributed by atoms with van der Waals surface area (Å²) in [4.78, 5) is 89.3. The van der Waals surface area contributed by atoms with Gasteiger partial charge in [-0.2, -0.15) is 0 Å². The molecule has 0 saturated heterocycles. The van der Waals surface area contributed by atoms with Gasteiger partial charge in [0, 0.05) is 31.2 Å². The minimum Gasteiger partial charge on any atom is -0.481 e. The van der Waals surface area contributed by atoms with Crippen LogP contribution < -0.4 is 33.2 Å². The van der Waals surface area contributed by atoms with Crippen molar-refractivity contribution >= 4 is 41.5 Å². The van der Waals surface area contributed by atoms with Gasteiger partial charge < -0.3 is 48.3 Å². The highest BCUT2D eigenvalue weighted by atomic mass is 16.4. The van der Waals surface area contributed by atoms with E-state index in [1.54, 1.807) is 0 Å². The maximum Gasteiger partial charge on any atom is 0.326 e. The van der Waals surface area contributed by atoms with E-state index in [2.05, 4.69) is 20.6 Å². The van der Waals surface area contributed by atoms with Gasteiger partial charge in [0.05, 0.1) is 18.8 Å². The van der Waals surface area contributed by atoms with Gasteiger partial charge in [0.2, 0.25) is 29.5 Å². The number of rotatable bonds is 17. The Kier molecular flexibility index (Phi) is 12.2. The molecule has 1 aromatic rings. The van der Waals surface area contributed by atoms with Crippen molar-refractivity contribution in [1.82, 2.24) is 25.9 Å². The molecular formula is C20H30N8O9. The molecular weight excluding hydrogens is 496 g/mol. The Morgan fingerprint density at radius 3 is 1.95 bits per heavy atom. The molecule has 0 aliphatic heterocycles. The number of carboxylic acid groups (broad SMARTS) is 2. The van der Waals surface area contributed by atoms with Crippen LogP contribution >= 0.6 is 0 Å². The Labute approximate surface area is 209 Å². The number of nitrogens with two attached hydrogens (primary N) is 3. The van der Waals surface area contributed by atoms with Crippen molar-refractivity contribution in [3.8, 4) is 0 Å². The van der Waals surface area contributed by atoms with Gasteiger partial charge in [-0.3, -0.25) is 28.8 Å². The number of H-pyrrole nitrogens is 1. The normalized spacial score (nSPS) is 13.9. The van der Waals surface area contributed by atoms with Crippen LogP contribution in [0, 0.1) is 0 Å². The average Bonchev–Trinajstić information content (AvgIpc) is 3.31. The van der Waals surface area contributed by atoms with Crippen LogP contribution in [0.5, 0.6) is 0 Å². The van der Waals surface area contributed by atoms with Crippen molar-refractivity contribution in [1.29, 1.82) is 0 Å². The van der Waals surface area contributed by atoms with E-state index in [1.807, 2.05) is 5.32 Å². The largest absolute Gasteiger partial charge is 0.481 e. The first kappa shape index (κ1) is 30.5. The number of hydrogen-bond acceptors (Lipinski definition) is 9. The highest BCUT2D eigenvalue weighted by Crippen LogP contribution is 2.05. The van der Waals surface area contributed by atoms with Gasteiger partial charge in [0.1, 0.15) is 18.1 Å². The predicted octanol–water partition coefficient (Wildman–Crippen LogP) is -4.18. The number of aliphatic carboxylic acids is 2. The number of hydrogen-bond donors (Lipinski definition) is 9. The van der Waals surface area contributed by atoms with E-state index in [-0.39, 0.29) is 19.3 Å². The summed E-state index contributed by atoms with van der Waals surface area (Å²) in [5.41, 5.74) is 16.2. The molecule has 37 heavy (non-hydrogen) atoms. The third-order valence-electron chi connectivity index (χ3n) is 4.95. The van der Waals surface area contributed by atoms with Gasteiger partial charge in [0.15, 0.2) is 0 Å². The van der Waals surface area contributed by atoms with Crippen LogP contribution in [0.1, 0.15) is 37.8 Å². The van der Waals surface area contributed by atoms with Gasteiger partial charge in [-0.05, 0) is 12.8 Å². The van der Waals surface area contributed by atoms with Crippen molar-refractivity contribution in [2.75, 3.05) is 0 Å². The number of aromatic amines is 1. The first-order valence-corrected chi connectivity index (χ1v) is 10.9. The number of carboxylic acids is 2. The second kappa shape index (κ2) is 14.8. The number of imidazole rings is 1. The zero-order chi connectivity index (χ0) is 28.1. The van der Waals surface area contributed by atoms with Crippen LogP contribution in [-0.2, 0) is 40.0 Å². The minimum absolute atomic E-state index is 0.0976. The van der Waals surface area contributed by atoms with Gasteiger partial charge in [-0.25, -0.2) is 9.78 Å². The average molecular weight is 527 g/mol. The molecule has 0 bridgehead atoms. The lowest BCUT2D eigenvalue weighted by atomic mass is 10.1. The number of carbonyl (C=O) groups excluding carboxylic acids is 5. The monoisotopic (exact) mass is 526 g/mol. The van der Waals surface area contributed by atoms with Crippen molar-refractivity contribution in [2.45, 2.75) is 62.7 Å². The molecule has 0 aromatic carbocycles. The summed E-state index contributed by atoms with van der Waals surface area (Å²) in [6.45, 7) is 0. The Hall–Kier alpha value is -4.54. The van der Waals surface area contributed by atoms with Crippen LogP contribution in [0.25, 0.3) is 0 Å². The van der Waals surface area contributed by atoms with Crippen LogP contribution in [0.15, 0.2) is 12.5 Å². The Morgan fingerprint density at radius 1 is 0.838 bits per heavy atom. The minimum atomic E-state index is -1.72. The summed E-state index contributed by atoms with van der Waals surface area (Å²) in [6.07, 6.45) is 0.489. The van der Waals surface area contributed by atoms with Crippen LogP contribution in [0.4, 0.5) is 0 Å². The predicted molar refractivity (Wildman–Crippen MR) is 123 cm³/mol. The topological polar surface area (TPSA) is 303 Å². The van der Waals surface area contributed by atoms with E-state index in [4.69, 9.17) is 22.3 Å². The number of primary amides is 2. The van der Waals surface area contributed by atoms with Gasteiger partial charge >= 0.3 is 11.9 Å². The molecule has 0 spiro atoms. The molecule has 1 rings (SSSR count). The van der Waals surface area contributed by atoms with E-state index in [0.717, 1.165) is 0 Å². The number of nitrogens with zero attached hydrogens (tertiary/aromatic N) is 1. The van der Waals surface area contributed by atoms with Gasteiger partial charge in [0.25, 0.3) is 0 Å². The summed E-state index contributed by atoms with van der Waals surface area (Å²) in [5, 5.41) is 24.9. The van der Waals surface area contributed by atoms with E-state index in [1.165, 1.54) is 12.5 Å². The molecule has 1 heterocycles. The maximum atomic E-state index is 13.1. The first-order chi connectivity index (χ1) is 17.3. The molecule has 1 aromatic heterocycles. The molecule has 17 heteroatoms. The van der Waals surface area contributed by atoms with E-state index < -0.39 is 84.9 Å². The fourth-order valence-corrected chi connectivity index (χ4v) is 3.02. The van der Waals surface area contributed by atoms with Crippen LogP contribution in [-0.4, -0.2) is 85.8 Å². The lowest BCUT2D eigenvalue weighted by molar-refractivity contribution is -0.144. The highest BCUT2D eigenvalue weighted by molar-refractivity contribution is 5.95. The molecule has 0 fully saturated rings. The van der Waals surface area contributed by atoms with E-state index >= 15 is 0 Å². The molecule has 0 radical (unpaired) electrons. The van der Waals surface area contributed by atoms with E-state index in [0.29, 0.717) is 5.69 Å². The third kappa shape index (κ3) is 11.6. The molecule has 12 N–H and O–H groups in total. The smallest absolute Gasteiger partial charge is 0.326 e. The Morgan fingerprint density at radius 2 is 1.43 bits per heavy atom. The Balaban J connectivity index is 3.08. The molecule has 0 aliphatic rings. The Bertz CT molecular complexity index is 998. The number of aromatic nitrogens is 2. The zero-order valence-corrected chi connectivity index (χ0v) is 19.6. The van der Waals surface area contributed by atoms with Crippen molar-refractivity contribution in [3.63, 3.8) is 0 Å². The maximum absolute atomic E-state index is 13.1. The second-order valence-corrected chi connectivity index (χ2v) is 8.02. The van der Waals surface area contributed by atoms with Gasteiger partial charge in [-0.1, -0.05) is 0 Å². The summed E-state index contributed by atoms with van der Waals surface area (Å²) < 4.78 is 0. The summed E-state index contributed by atoms with van der Waals surface area (Å²) in [5.74, 6) is -7.41. The molecule has 0 saturated carbocycles. The molecule has 5 amide bonds. The molecule has 4 atom stereocenters. The fourth-order valence-electron chi connectivity index (χ4n) is 3.02. The van der Waals surface area contributed by atoms with E-state index in [9.17, 15) is 38.7 Å². The molecule has 17 nitrogen and oxygen atoms in total. The SMILES string of the molecule is NC(=O)CCC(N)C(=O)NC(Cc1cnc[nH]1)C(=O)NC(CCC(=O)O)C(=O)NC(CC(N)=O)C(=O)O. The van der Waals surface area contributed by atoms with Crippen molar-refractivity contribution in [2.24, 2.45) is 17.2 Å². The third-order valence-corrected chi connectivity index (χ3v) is 4.95. The highest BCUT2D eigenvalue weighted by Gasteiger charge is 2.31. The van der Waals surface area contributed by atoms with Crippen LogP contribution in [0.2, 0.25) is 0 Å². The fraction of sp³-hybridized carbons (Fsp3) is 0.500. The summed E-state index contributed by atoms with van der Waals surface area (Å²) in [6, 6.07) is -5.81. The number of nitrogens with one attached hydrogen (secondary N) is 4. The number of carbonyl (C=O) groups is 7. The molecule has 4 unspecified atom stereocenters. The zero-order valence-electron chi connectivity index (χ0n) is 19.6. The molecule has 0 aliphatic carbocycles. The lowest BCUT2D eigenvalue weighted by Gasteiger charge is -2.24. The second-order valence-electron chi connectivity index (χ2n) is 8.02. The lowest BCUT2D eigenvalue weighted by Crippen LogP contribution is -2.58. The van der Waals surface area contributed by atoms with Crippen molar-refractivity contribution in [3.05, 3.63) is 18.2 Å². The quantitative estimate of drug-likeness (QED) is 0.0937.